The minimum Gasteiger partial charge on any atom is -0.374 e. The topological polar surface area (TPSA) is 63.2 Å². The zero-order chi connectivity index (χ0) is 15.2. The van der Waals surface area contributed by atoms with Gasteiger partial charge in [-0.3, -0.25) is 9.88 Å². The molecule has 0 aromatic carbocycles. The van der Waals surface area contributed by atoms with Crippen LogP contribution in [0.2, 0.25) is 0 Å². The summed E-state index contributed by atoms with van der Waals surface area (Å²) < 4.78 is 5.85. The molecule has 1 saturated heterocycles. The highest BCUT2D eigenvalue weighted by molar-refractivity contribution is 5.31. The molecule has 1 aliphatic heterocycles. The lowest BCUT2D eigenvalue weighted by molar-refractivity contribution is -0.0346. The molecule has 6 heteroatoms. The summed E-state index contributed by atoms with van der Waals surface area (Å²) in [6.07, 6.45) is 5.51. The van der Waals surface area contributed by atoms with Crippen LogP contribution in [0.3, 0.4) is 0 Å². The smallest absolute Gasteiger partial charge is 0.148 e. The summed E-state index contributed by atoms with van der Waals surface area (Å²) in [5.41, 5.74) is 1.29. The van der Waals surface area contributed by atoms with Crippen molar-refractivity contribution in [1.29, 1.82) is 0 Å². The van der Waals surface area contributed by atoms with Gasteiger partial charge >= 0.3 is 0 Å². The van der Waals surface area contributed by atoms with E-state index in [-0.39, 0.29) is 6.10 Å². The molecular formula is C16H21N5O. The van der Waals surface area contributed by atoms with Crippen LogP contribution in [0.1, 0.15) is 18.5 Å². The quantitative estimate of drug-likeness (QED) is 0.907. The molecule has 22 heavy (non-hydrogen) atoms. The first-order chi connectivity index (χ1) is 10.8. The molecule has 0 amide bonds. The van der Waals surface area contributed by atoms with Crippen molar-refractivity contribution in [2.45, 2.75) is 19.1 Å². The van der Waals surface area contributed by atoms with Gasteiger partial charge in [0.1, 0.15) is 5.82 Å². The normalized spacial score (nSPS) is 20.5. The molecule has 1 N–H and O–H groups in total. The Balaban J connectivity index is 1.55. The first-order valence-electron chi connectivity index (χ1n) is 7.60. The average Bonchev–Trinajstić information content (AvgIpc) is 2.61. The van der Waals surface area contributed by atoms with Crippen LogP contribution in [-0.4, -0.2) is 52.4 Å². The van der Waals surface area contributed by atoms with E-state index in [1.165, 1.54) is 5.56 Å². The highest BCUT2D eigenvalue weighted by Gasteiger charge is 2.24. The monoisotopic (exact) mass is 299 g/mol. The van der Waals surface area contributed by atoms with E-state index in [1.54, 1.807) is 6.20 Å². The summed E-state index contributed by atoms with van der Waals surface area (Å²) in [5, 5.41) is 11.2. The van der Waals surface area contributed by atoms with E-state index in [2.05, 4.69) is 44.5 Å². The molecule has 0 aliphatic carbocycles. The number of morpholine rings is 1. The summed E-state index contributed by atoms with van der Waals surface area (Å²) in [5.74, 6) is 0.783. The number of nitrogens with one attached hydrogen (secondary N) is 1. The molecule has 0 spiro atoms. The number of anilines is 1. The summed E-state index contributed by atoms with van der Waals surface area (Å²) in [6, 6.07) is 8.30. The van der Waals surface area contributed by atoms with Crippen molar-refractivity contribution in [2.75, 3.05) is 31.6 Å². The van der Waals surface area contributed by atoms with Crippen molar-refractivity contribution in [3.63, 3.8) is 0 Å². The summed E-state index contributed by atoms with van der Waals surface area (Å²) >= 11 is 0. The van der Waals surface area contributed by atoms with Crippen molar-refractivity contribution in [3.8, 4) is 0 Å². The van der Waals surface area contributed by atoms with Gasteiger partial charge in [-0.15, -0.1) is 5.10 Å². The lowest BCUT2D eigenvalue weighted by Crippen LogP contribution is -2.46. The zero-order valence-corrected chi connectivity index (χ0v) is 12.7. The Morgan fingerprint density at radius 2 is 2.18 bits per heavy atom. The van der Waals surface area contributed by atoms with E-state index in [4.69, 9.17) is 4.74 Å². The van der Waals surface area contributed by atoms with Crippen molar-refractivity contribution in [2.24, 2.45) is 0 Å². The standard InChI is InChI=1S/C16H21N5O/c1-13(14-4-7-17-8-5-14)21-9-10-22-15(12-21)11-18-16-3-2-6-19-20-16/h2-8,13,15H,9-12H2,1H3,(H,18,20). The molecule has 0 radical (unpaired) electrons. The molecule has 2 unspecified atom stereocenters. The zero-order valence-electron chi connectivity index (χ0n) is 12.7. The number of hydrogen-bond acceptors (Lipinski definition) is 6. The molecule has 3 heterocycles. The van der Waals surface area contributed by atoms with Gasteiger partial charge < -0.3 is 10.1 Å². The van der Waals surface area contributed by atoms with Crippen LogP contribution in [0.4, 0.5) is 5.82 Å². The van der Waals surface area contributed by atoms with Crippen LogP contribution in [0.5, 0.6) is 0 Å². The van der Waals surface area contributed by atoms with Crippen molar-refractivity contribution in [3.05, 3.63) is 48.4 Å². The van der Waals surface area contributed by atoms with E-state index in [0.29, 0.717) is 6.04 Å². The van der Waals surface area contributed by atoms with Gasteiger partial charge in [0.05, 0.1) is 12.7 Å². The molecule has 6 nitrogen and oxygen atoms in total. The maximum absolute atomic E-state index is 5.85. The molecule has 116 valence electrons. The van der Waals surface area contributed by atoms with Gasteiger partial charge in [-0.1, -0.05) is 0 Å². The summed E-state index contributed by atoms with van der Waals surface area (Å²) in [6.45, 7) is 5.57. The van der Waals surface area contributed by atoms with Crippen LogP contribution in [0.15, 0.2) is 42.9 Å². The Labute approximate surface area is 130 Å². The second-order valence-electron chi connectivity index (χ2n) is 5.43. The maximum Gasteiger partial charge on any atom is 0.148 e. The Kier molecular flexibility index (Phi) is 4.92. The minimum atomic E-state index is 0.153. The predicted octanol–water partition coefficient (Wildman–Crippen LogP) is 1.75. The molecular weight excluding hydrogens is 278 g/mol. The van der Waals surface area contributed by atoms with Gasteiger partial charge in [-0.05, 0) is 36.8 Å². The molecule has 2 aromatic heterocycles. The van der Waals surface area contributed by atoms with Crippen LogP contribution in [-0.2, 0) is 4.74 Å². The van der Waals surface area contributed by atoms with Gasteiger partial charge in [0.2, 0.25) is 0 Å². The lowest BCUT2D eigenvalue weighted by Gasteiger charge is -2.37. The number of aromatic nitrogens is 3. The fraction of sp³-hybridized carbons (Fsp3) is 0.438. The number of rotatable bonds is 5. The molecule has 3 rings (SSSR count). The molecule has 2 atom stereocenters. The first kappa shape index (κ1) is 14.9. The number of pyridine rings is 1. The van der Waals surface area contributed by atoms with Gasteiger partial charge in [0, 0.05) is 44.3 Å². The fourth-order valence-corrected chi connectivity index (χ4v) is 2.68. The second-order valence-corrected chi connectivity index (χ2v) is 5.43. The third-order valence-electron chi connectivity index (χ3n) is 3.99. The van der Waals surface area contributed by atoms with Crippen molar-refractivity contribution in [1.82, 2.24) is 20.1 Å². The molecule has 2 aromatic rings. The largest absolute Gasteiger partial charge is 0.374 e. The molecule has 1 aliphatic rings. The van der Waals surface area contributed by atoms with E-state index in [9.17, 15) is 0 Å². The Hall–Kier alpha value is -2.05. The second kappa shape index (κ2) is 7.29. The van der Waals surface area contributed by atoms with Crippen LogP contribution in [0, 0.1) is 0 Å². The number of nitrogens with zero attached hydrogens (tertiary/aromatic N) is 4. The van der Waals surface area contributed by atoms with E-state index in [0.717, 1.165) is 32.1 Å². The van der Waals surface area contributed by atoms with Crippen molar-refractivity contribution < 1.29 is 4.74 Å². The summed E-state index contributed by atoms with van der Waals surface area (Å²) in [4.78, 5) is 6.53. The van der Waals surface area contributed by atoms with Gasteiger partial charge in [0.15, 0.2) is 0 Å². The SMILES string of the molecule is CC(c1ccncc1)N1CCOC(CNc2cccnn2)C1. The van der Waals surface area contributed by atoms with E-state index >= 15 is 0 Å². The van der Waals surface area contributed by atoms with E-state index < -0.39 is 0 Å². The molecule has 0 saturated carbocycles. The number of hydrogen-bond donors (Lipinski definition) is 1. The average molecular weight is 299 g/mol. The third kappa shape index (κ3) is 3.78. The summed E-state index contributed by atoms with van der Waals surface area (Å²) in [7, 11) is 0. The number of ether oxygens (including phenoxy) is 1. The van der Waals surface area contributed by atoms with E-state index in [1.807, 2.05) is 24.5 Å². The van der Waals surface area contributed by atoms with Crippen LogP contribution in [0.25, 0.3) is 0 Å². The lowest BCUT2D eigenvalue weighted by atomic mass is 10.1. The van der Waals surface area contributed by atoms with Gasteiger partial charge in [-0.2, -0.15) is 5.10 Å². The maximum atomic E-state index is 5.85. The third-order valence-corrected chi connectivity index (χ3v) is 3.99. The Bertz CT molecular complexity index is 565. The molecule has 0 bridgehead atoms. The van der Waals surface area contributed by atoms with Gasteiger partial charge in [0.25, 0.3) is 0 Å². The Morgan fingerprint density at radius 1 is 1.32 bits per heavy atom. The molecule has 1 fully saturated rings. The highest BCUT2D eigenvalue weighted by atomic mass is 16.5. The minimum absolute atomic E-state index is 0.153. The first-order valence-corrected chi connectivity index (χ1v) is 7.60. The predicted molar refractivity (Wildman–Crippen MR) is 84.5 cm³/mol. The van der Waals surface area contributed by atoms with Crippen molar-refractivity contribution >= 4 is 5.82 Å². The van der Waals surface area contributed by atoms with Gasteiger partial charge in [-0.25, -0.2) is 0 Å². The van der Waals surface area contributed by atoms with Crippen LogP contribution < -0.4 is 5.32 Å². The fourth-order valence-electron chi connectivity index (χ4n) is 2.68. The van der Waals surface area contributed by atoms with Crippen LogP contribution >= 0.6 is 0 Å². The highest BCUT2D eigenvalue weighted by Crippen LogP contribution is 2.22. The Morgan fingerprint density at radius 3 is 2.95 bits per heavy atom.